The molecular formula is C39H46F18N6O5. The number of morpholine rings is 2. The van der Waals surface area contributed by atoms with Crippen LogP contribution in [0.3, 0.4) is 0 Å². The molecule has 1 amide bonds. The Morgan fingerprint density at radius 1 is 0.544 bits per heavy atom. The quantitative estimate of drug-likeness (QED) is 0.269. The number of hydrogen-bond acceptors (Lipinski definition) is 10. The molecule has 4 saturated heterocycles. The summed E-state index contributed by atoms with van der Waals surface area (Å²) in [6.07, 6.45) is -42.2. The maximum absolute atomic E-state index is 13.7. The van der Waals surface area contributed by atoms with Crippen LogP contribution in [0.25, 0.3) is 0 Å². The average Bonchev–Trinajstić information content (AvgIpc) is 3.25. The molecule has 0 bridgehead atoms. The zero-order valence-electron chi connectivity index (χ0n) is 35.5. The molecule has 11 nitrogen and oxygen atoms in total. The third-order valence-electron chi connectivity index (χ3n) is 10.6. The number of alkyl halides is 18. The molecule has 4 aliphatic rings. The summed E-state index contributed by atoms with van der Waals surface area (Å²) in [7, 11) is 0. The number of halogens is 18. The Labute approximate surface area is 376 Å². The average molecular weight is 1020 g/mol. The number of anilines is 2. The number of carbonyl (C=O) groups is 1. The van der Waals surface area contributed by atoms with Crippen LogP contribution in [0.2, 0.25) is 0 Å². The highest BCUT2D eigenvalue weighted by Crippen LogP contribution is 2.39. The highest BCUT2D eigenvalue weighted by molar-refractivity contribution is 5.68. The zero-order valence-corrected chi connectivity index (χ0v) is 35.5. The lowest BCUT2D eigenvalue weighted by molar-refractivity contribution is -0.309. The Morgan fingerprint density at radius 3 is 1.24 bits per heavy atom. The summed E-state index contributed by atoms with van der Waals surface area (Å²) >= 11 is 0. The van der Waals surface area contributed by atoms with Crippen molar-refractivity contribution in [3.05, 3.63) is 58.7 Å². The van der Waals surface area contributed by atoms with E-state index in [2.05, 4.69) is 15.0 Å². The molecule has 4 fully saturated rings. The van der Waals surface area contributed by atoms with Crippen molar-refractivity contribution in [2.75, 3.05) is 115 Å². The fraction of sp³-hybridized carbons (Fsp3) is 0.667. The van der Waals surface area contributed by atoms with E-state index in [1.165, 1.54) is 17.0 Å². The Hall–Kier alpha value is -4.19. The SMILES string of the molecule is FC(F)(F)c1cc(N2CCOCC2)ccc1CN1CCNCC1.O=C(OC(C(F)(F)F)C(F)(F)F)N1CCN(Cc2ccc(N3CCOCC3)cc2C(F)(F)F)CC1.OC(C(F)(F)F)C(F)(F)F. The summed E-state index contributed by atoms with van der Waals surface area (Å²) in [6, 6.07) is 8.67. The topological polar surface area (TPSA) is 93.2 Å². The van der Waals surface area contributed by atoms with Crippen LogP contribution in [0, 0.1) is 0 Å². The fourth-order valence-corrected chi connectivity index (χ4v) is 7.09. The summed E-state index contributed by atoms with van der Waals surface area (Å²) in [5.74, 6) is 0. The van der Waals surface area contributed by atoms with Gasteiger partial charge >= 0.3 is 43.2 Å². The van der Waals surface area contributed by atoms with Gasteiger partial charge in [0.2, 0.25) is 6.10 Å². The number of carbonyl (C=O) groups excluding carboxylic acids is 1. The highest BCUT2D eigenvalue weighted by Gasteiger charge is 2.60. The number of aliphatic hydroxyl groups excluding tert-OH is 1. The van der Waals surface area contributed by atoms with Crippen molar-refractivity contribution in [3.63, 3.8) is 0 Å². The number of aliphatic hydroxyl groups is 1. The molecule has 68 heavy (non-hydrogen) atoms. The van der Waals surface area contributed by atoms with Crippen molar-refractivity contribution in [2.45, 2.75) is 62.4 Å². The van der Waals surface area contributed by atoms with Gasteiger partial charge in [-0.3, -0.25) is 9.80 Å². The summed E-state index contributed by atoms with van der Waals surface area (Å²) in [6.45, 7) is 6.68. The Balaban J connectivity index is 0.000000260. The molecule has 2 aromatic carbocycles. The van der Waals surface area contributed by atoms with Crippen LogP contribution < -0.4 is 15.1 Å². The van der Waals surface area contributed by atoms with E-state index in [1.807, 2.05) is 4.90 Å². The Kier molecular flexibility index (Phi) is 19.2. The molecule has 0 atom stereocenters. The molecule has 388 valence electrons. The van der Waals surface area contributed by atoms with Gasteiger partial charge in [-0.05, 0) is 35.4 Å². The fourth-order valence-electron chi connectivity index (χ4n) is 7.09. The molecule has 4 aliphatic heterocycles. The number of hydrogen-bond donors (Lipinski definition) is 2. The summed E-state index contributed by atoms with van der Waals surface area (Å²) in [4.78, 5) is 19.8. The second-order valence-electron chi connectivity index (χ2n) is 15.5. The van der Waals surface area contributed by atoms with Gasteiger partial charge in [-0.15, -0.1) is 0 Å². The smallest absolute Gasteiger partial charge is 0.426 e. The number of piperazine rings is 2. The molecule has 0 aromatic heterocycles. The van der Waals surface area contributed by atoms with Gasteiger partial charge in [0.05, 0.1) is 37.6 Å². The van der Waals surface area contributed by atoms with Gasteiger partial charge in [0, 0.05) is 103 Å². The molecular weight excluding hydrogens is 974 g/mol. The van der Waals surface area contributed by atoms with Gasteiger partial charge in [0.15, 0.2) is 0 Å². The van der Waals surface area contributed by atoms with Gasteiger partial charge in [-0.2, -0.15) is 79.0 Å². The number of nitrogens with one attached hydrogen (secondary N) is 1. The summed E-state index contributed by atoms with van der Waals surface area (Å²) < 4.78 is 237. The molecule has 0 unspecified atom stereocenters. The van der Waals surface area contributed by atoms with Crippen molar-refractivity contribution in [2.24, 2.45) is 0 Å². The van der Waals surface area contributed by atoms with Gasteiger partial charge in [-0.1, -0.05) is 12.1 Å². The van der Waals surface area contributed by atoms with Crippen molar-refractivity contribution in [1.29, 1.82) is 0 Å². The van der Waals surface area contributed by atoms with E-state index in [0.717, 1.165) is 32.2 Å². The normalized spacial score (nSPS) is 18.8. The predicted molar refractivity (Wildman–Crippen MR) is 204 cm³/mol. The van der Waals surface area contributed by atoms with Crippen LogP contribution in [-0.4, -0.2) is 168 Å². The van der Waals surface area contributed by atoms with Crippen molar-refractivity contribution in [3.8, 4) is 0 Å². The molecule has 4 heterocycles. The summed E-state index contributed by atoms with van der Waals surface area (Å²) in [5, 5.41) is 10.7. The Bertz CT molecular complexity index is 1860. The second-order valence-corrected chi connectivity index (χ2v) is 15.5. The molecule has 2 aromatic rings. The van der Waals surface area contributed by atoms with E-state index in [4.69, 9.17) is 14.6 Å². The highest BCUT2D eigenvalue weighted by atomic mass is 19.4. The largest absolute Gasteiger partial charge is 0.434 e. The molecule has 0 spiro atoms. The lowest BCUT2D eigenvalue weighted by atomic mass is 10.0. The lowest BCUT2D eigenvalue weighted by Crippen LogP contribution is -2.52. The minimum absolute atomic E-state index is 0.0419. The first-order chi connectivity index (χ1) is 31.4. The number of ether oxygens (including phenoxy) is 3. The van der Waals surface area contributed by atoms with Gasteiger partial charge in [0.25, 0.3) is 6.10 Å². The van der Waals surface area contributed by atoms with Gasteiger partial charge in [-0.25, -0.2) is 4.79 Å². The second kappa shape index (κ2) is 23.2. The number of amides is 1. The van der Waals surface area contributed by atoms with Crippen molar-refractivity contribution in [1.82, 2.24) is 20.0 Å². The predicted octanol–water partition coefficient (Wildman–Crippen LogP) is 7.71. The molecule has 2 N–H and O–H groups in total. The number of nitrogens with zero attached hydrogens (tertiary/aromatic N) is 5. The molecule has 0 saturated carbocycles. The first kappa shape index (κ1) is 56.4. The van der Waals surface area contributed by atoms with Crippen LogP contribution >= 0.6 is 0 Å². The molecule has 6 rings (SSSR count). The molecule has 29 heteroatoms. The van der Waals surface area contributed by atoms with Crippen LogP contribution in [0.5, 0.6) is 0 Å². The van der Waals surface area contributed by atoms with E-state index in [0.29, 0.717) is 81.0 Å². The van der Waals surface area contributed by atoms with Crippen LogP contribution in [0.1, 0.15) is 22.3 Å². The van der Waals surface area contributed by atoms with E-state index >= 15 is 0 Å². The van der Waals surface area contributed by atoms with E-state index in [-0.39, 0.29) is 38.3 Å². The minimum Gasteiger partial charge on any atom is -0.426 e. The van der Waals surface area contributed by atoms with E-state index in [9.17, 15) is 83.8 Å². The standard InChI is InChI=1S/C20H22F9N3O3.C16H22F3N3O.C3H2F6O/c21-18(22,23)15-11-14(31-7-9-34-10-8-31)2-1-13(15)12-30-3-5-32(6-4-30)17(33)35-16(19(24,25)26)20(27,28)29;17-16(18,19)15-11-14(22-7-9-23-10-8-22)2-1-13(15)12-21-5-3-20-4-6-21;4-2(5,6)1(10)3(7,8)9/h1-2,11,16H,3-10,12H2;1-2,11,20H,3-10,12H2;1,10H. The van der Waals surface area contributed by atoms with Crippen molar-refractivity contribution < 1.29 is 103 Å². The number of rotatable bonds is 7. The van der Waals surface area contributed by atoms with Crippen molar-refractivity contribution >= 4 is 17.5 Å². The third-order valence-corrected chi connectivity index (χ3v) is 10.6. The monoisotopic (exact) mass is 1020 g/mol. The van der Waals surface area contributed by atoms with Crippen LogP contribution in [-0.2, 0) is 39.7 Å². The third kappa shape index (κ3) is 17.0. The minimum atomic E-state index is -5.84. The number of benzene rings is 2. The van der Waals surface area contributed by atoms with Crippen LogP contribution in [0.4, 0.5) is 95.2 Å². The van der Waals surface area contributed by atoms with E-state index < -0.39 is 66.5 Å². The molecule has 0 aliphatic carbocycles. The molecule has 0 radical (unpaired) electrons. The van der Waals surface area contributed by atoms with E-state index in [1.54, 1.807) is 23.1 Å². The first-order valence-electron chi connectivity index (χ1n) is 20.5. The maximum atomic E-state index is 13.7. The zero-order chi connectivity index (χ0) is 50.9. The van der Waals surface area contributed by atoms with Gasteiger partial charge in [0.1, 0.15) is 0 Å². The van der Waals surface area contributed by atoms with Crippen LogP contribution in [0.15, 0.2) is 36.4 Å². The maximum Gasteiger partial charge on any atom is 0.434 e. The first-order valence-corrected chi connectivity index (χ1v) is 20.5. The van der Waals surface area contributed by atoms with Gasteiger partial charge < -0.3 is 39.3 Å². The Morgan fingerprint density at radius 2 is 0.912 bits per heavy atom. The lowest BCUT2D eigenvalue weighted by Gasteiger charge is -2.35. The summed E-state index contributed by atoms with van der Waals surface area (Å²) in [5.41, 5.74) is -0.0248.